The predicted molar refractivity (Wildman–Crippen MR) is 71.2 cm³/mol. The Morgan fingerprint density at radius 2 is 2.17 bits per heavy atom. The summed E-state index contributed by atoms with van der Waals surface area (Å²) in [5, 5.41) is 9.40. The molecule has 2 unspecified atom stereocenters. The van der Waals surface area contributed by atoms with Gasteiger partial charge >= 0.3 is 0 Å². The van der Waals surface area contributed by atoms with Crippen LogP contribution < -0.4 is 0 Å². The molecule has 0 aromatic rings. The van der Waals surface area contributed by atoms with Crippen LogP contribution in [0.25, 0.3) is 0 Å². The summed E-state index contributed by atoms with van der Waals surface area (Å²) in [5.41, 5.74) is 0. The molecule has 1 N–H and O–H groups in total. The minimum absolute atomic E-state index is 0.140. The molecule has 4 heteroatoms. The first-order chi connectivity index (χ1) is 8.65. The van der Waals surface area contributed by atoms with E-state index in [1.807, 2.05) is 11.0 Å². The summed E-state index contributed by atoms with van der Waals surface area (Å²) < 4.78 is 0. The van der Waals surface area contributed by atoms with Gasteiger partial charge in [-0.05, 0) is 25.2 Å². The lowest BCUT2D eigenvalue weighted by atomic mass is 10.0. The molecule has 2 aliphatic heterocycles. The van der Waals surface area contributed by atoms with Gasteiger partial charge in [0, 0.05) is 38.8 Å². The van der Waals surface area contributed by atoms with Crippen LogP contribution in [0.4, 0.5) is 0 Å². The van der Waals surface area contributed by atoms with Crippen molar-refractivity contribution in [3.63, 3.8) is 0 Å². The molecule has 0 aromatic carbocycles. The number of piperidine rings is 1. The summed E-state index contributed by atoms with van der Waals surface area (Å²) >= 11 is 0. The highest BCUT2D eigenvalue weighted by molar-refractivity contribution is 5.87. The zero-order chi connectivity index (χ0) is 13.0. The van der Waals surface area contributed by atoms with E-state index >= 15 is 0 Å². The molecule has 1 amide bonds. The zero-order valence-corrected chi connectivity index (χ0v) is 11.2. The molecule has 2 fully saturated rings. The Hall–Kier alpha value is -0.870. The third kappa shape index (κ3) is 3.82. The van der Waals surface area contributed by atoms with Crippen LogP contribution in [0.1, 0.15) is 26.2 Å². The van der Waals surface area contributed by atoms with E-state index in [1.165, 1.54) is 6.42 Å². The molecule has 0 aromatic heterocycles. The normalized spacial score (nSPS) is 30.2. The number of β-amino-alcohol motifs (C(OH)–C–C–N with tert-alkyl or cyclic N) is 1. The molecule has 0 bridgehead atoms. The number of likely N-dealkylation sites (tertiary alicyclic amines) is 2. The molecule has 4 nitrogen and oxygen atoms in total. The maximum Gasteiger partial charge on any atom is 0.246 e. The van der Waals surface area contributed by atoms with E-state index in [4.69, 9.17) is 0 Å². The van der Waals surface area contributed by atoms with Crippen molar-refractivity contribution in [3.05, 3.63) is 12.2 Å². The summed E-state index contributed by atoms with van der Waals surface area (Å²) in [6, 6.07) is 0. The van der Waals surface area contributed by atoms with E-state index in [0.717, 1.165) is 45.6 Å². The Balaban J connectivity index is 1.73. The molecule has 0 spiro atoms. The summed E-state index contributed by atoms with van der Waals surface area (Å²) in [6.07, 6.45) is 6.66. The van der Waals surface area contributed by atoms with Crippen LogP contribution in [0.5, 0.6) is 0 Å². The molecule has 2 aliphatic rings. The standard InChI is InChI=1S/C14H24N2O2/c1-12-4-2-8-16(10-12)14(18)5-3-7-15-9-6-13(17)11-15/h3,5,12-13,17H,2,4,6-11H2,1H3/b5-3+. The molecular formula is C14H24N2O2. The fraction of sp³-hybridized carbons (Fsp3) is 0.786. The first kappa shape index (κ1) is 13.6. The van der Waals surface area contributed by atoms with Gasteiger partial charge in [-0.3, -0.25) is 9.69 Å². The number of hydrogen-bond donors (Lipinski definition) is 1. The number of rotatable bonds is 3. The minimum Gasteiger partial charge on any atom is -0.392 e. The minimum atomic E-state index is -0.183. The van der Waals surface area contributed by atoms with Crippen molar-refractivity contribution < 1.29 is 9.90 Å². The summed E-state index contributed by atoms with van der Waals surface area (Å²) in [6.45, 7) is 6.43. The number of aliphatic hydroxyl groups is 1. The van der Waals surface area contributed by atoms with Crippen LogP contribution in [0, 0.1) is 5.92 Å². The topological polar surface area (TPSA) is 43.8 Å². The third-order valence-electron chi connectivity index (χ3n) is 3.84. The van der Waals surface area contributed by atoms with Crippen LogP contribution in [0.2, 0.25) is 0 Å². The van der Waals surface area contributed by atoms with Crippen molar-refractivity contribution in [2.75, 3.05) is 32.7 Å². The third-order valence-corrected chi connectivity index (χ3v) is 3.84. The van der Waals surface area contributed by atoms with Crippen molar-refractivity contribution in [1.82, 2.24) is 9.80 Å². The summed E-state index contributed by atoms with van der Waals surface area (Å²) in [5.74, 6) is 0.770. The Kier molecular flexibility index (Phi) is 4.78. The largest absolute Gasteiger partial charge is 0.392 e. The van der Waals surface area contributed by atoms with Gasteiger partial charge in [-0.25, -0.2) is 0 Å². The van der Waals surface area contributed by atoms with Gasteiger partial charge in [0.05, 0.1) is 6.10 Å². The molecule has 2 atom stereocenters. The van der Waals surface area contributed by atoms with Crippen molar-refractivity contribution in [2.45, 2.75) is 32.3 Å². The molecule has 0 radical (unpaired) electrons. The van der Waals surface area contributed by atoms with Crippen LogP contribution in [0.15, 0.2) is 12.2 Å². The Bertz CT molecular complexity index is 317. The van der Waals surface area contributed by atoms with E-state index < -0.39 is 0 Å². The second kappa shape index (κ2) is 6.34. The Morgan fingerprint density at radius 3 is 2.83 bits per heavy atom. The quantitative estimate of drug-likeness (QED) is 0.758. The Labute approximate surface area is 109 Å². The van der Waals surface area contributed by atoms with Gasteiger partial charge in [0.15, 0.2) is 0 Å². The average molecular weight is 252 g/mol. The van der Waals surface area contributed by atoms with Crippen molar-refractivity contribution in [3.8, 4) is 0 Å². The van der Waals surface area contributed by atoms with E-state index in [9.17, 15) is 9.90 Å². The highest BCUT2D eigenvalue weighted by Gasteiger charge is 2.20. The number of amides is 1. The summed E-state index contributed by atoms with van der Waals surface area (Å²) in [4.78, 5) is 16.1. The molecule has 18 heavy (non-hydrogen) atoms. The predicted octanol–water partition coefficient (Wildman–Crippen LogP) is 0.868. The lowest BCUT2D eigenvalue weighted by Crippen LogP contribution is -2.38. The lowest BCUT2D eigenvalue weighted by molar-refractivity contribution is -0.127. The molecule has 2 rings (SSSR count). The van der Waals surface area contributed by atoms with Gasteiger partial charge in [0.2, 0.25) is 5.91 Å². The molecular weight excluding hydrogens is 228 g/mol. The second-order valence-corrected chi connectivity index (χ2v) is 5.64. The first-order valence-corrected chi connectivity index (χ1v) is 7.01. The number of hydrogen-bond acceptors (Lipinski definition) is 3. The van der Waals surface area contributed by atoms with E-state index in [-0.39, 0.29) is 12.0 Å². The Morgan fingerprint density at radius 1 is 1.33 bits per heavy atom. The molecule has 2 saturated heterocycles. The molecule has 2 heterocycles. The average Bonchev–Trinajstić information content (AvgIpc) is 2.75. The zero-order valence-electron chi connectivity index (χ0n) is 11.2. The van der Waals surface area contributed by atoms with Crippen molar-refractivity contribution in [1.29, 1.82) is 0 Å². The highest BCUT2D eigenvalue weighted by atomic mass is 16.3. The van der Waals surface area contributed by atoms with Crippen LogP contribution in [0.3, 0.4) is 0 Å². The maximum absolute atomic E-state index is 12.0. The lowest BCUT2D eigenvalue weighted by Gasteiger charge is -2.30. The van der Waals surface area contributed by atoms with Crippen molar-refractivity contribution in [2.24, 2.45) is 5.92 Å². The number of nitrogens with zero attached hydrogens (tertiary/aromatic N) is 2. The second-order valence-electron chi connectivity index (χ2n) is 5.64. The van der Waals surface area contributed by atoms with Gasteiger partial charge in [0.1, 0.15) is 0 Å². The van der Waals surface area contributed by atoms with Gasteiger partial charge in [0.25, 0.3) is 0 Å². The number of aliphatic hydroxyl groups excluding tert-OH is 1. The van der Waals surface area contributed by atoms with Gasteiger partial charge < -0.3 is 10.0 Å². The van der Waals surface area contributed by atoms with Crippen LogP contribution >= 0.6 is 0 Å². The number of carbonyl (C=O) groups excluding carboxylic acids is 1. The van der Waals surface area contributed by atoms with Gasteiger partial charge in [-0.2, -0.15) is 0 Å². The summed E-state index contributed by atoms with van der Waals surface area (Å²) in [7, 11) is 0. The van der Waals surface area contributed by atoms with Gasteiger partial charge in [-0.1, -0.05) is 13.0 Å². The monoisotopic (exact) mass is 252 g/mol. The molecule has 102 valence electrons. The van der Waals surface area contributed by atoms with Crippen LogP contribution in [-0.2, 0) is 4.79 Å². The van der Waals surface area contributed by atoms with Crippen LogP contribution in [-0.4, -0.2) is 59.6 Å². The van der Waals surface area contributed by atoms with Gasteiger partial charge in [-0.15, -0.1) is 0 Å². The SMILES string of the molecule is CC1CCCN(C(=O)/C=C/CN2CCC(O)C2)C1. The fourth-order valence-corrected chi connectivity index (χ4v) is 2.78. The number of carbonyl (C=O) groups is 1. The highest BCUT2D eigenvalue weighted by Crippen LogP contribution is 2.15. The molecule has 0 saturated carbocycles. The van der Waals surface area contributed by atoms with E-state index in [2.05, 4.69) is 11.8 Å². The smallest absolute Gasteiger partial charge is 0.246 e. The fourth-order valence-electron chi connectivity index (χ4n) is 2.78. The first-order valence-electron chi connectivity index (χ1n) is 7.01. The molecule has 0 aliphatic carbocycles. The van der Waals surface area contributed by atoms with Crippen molar-refractivity contribution >= 4 is 5.91 Å². The van der Waals surface area contributed by atoms with E-state index in [1.54, 1.807) is 6.08 Å². The van der Waals surface area contributed by atoms with E-state index in [0.29, 0.717) is 5.92 Å². The maximum atomic E-state index is 12.0.